The summed E-state index contributed by atoms with van der Waals surface area (Å²) in [6.07, 6.45) is 18.6. The highest BCUT2D eigenvalue weighted by atomic mass is 32.2. The van der Waals surface area contributed by atoms with Crippen LogP contribution < -0.4 is 0 Å². The number of rotatable bonds is 14. The summed E-state index contributed by atoms with van der Waals surface area (Å²) >= 11 is 1.50. The minimum Gasteiger partial charge on any atom is -0.463 e. The molecule has 1 spiro atoms. The number of allylic oxidation sites excluding steroid dienone is 3. The van der Waals surface area contributed by atoms with Gasteiger partial charge in [-0.25, -0.2) is 0 Å². The number of fused-ring (bicyclic) bond motifs is 6. The van der Waals surface area contributed by atoms with Crippen LogP contribution in [0.2, 0.25) is 0 Å². The molecule has 0 aromatic heterocycles. The van der Waals surface area contributed by atoms with E-state index in [4.69, 9.17) is 9.47 Å². The van der Waals surface area contributed by atoms with Crippen molar-refractivity contribution in [2.24, 2.45) is 40.4 Å². The zero-order valence-corrected chi connectivity index (χ0v) is 37.6. The lowest BCUT2D eigenvalue weighted by Crippen LogP contribution is -2.57. The predicted octanol–water partition coefficient (Wildman–Crippen LogP) is 9.04. The monoisotopic (exact) mass is 848 g/mol. The van der Waals surface area contributed by atoms with E-state index in [1.54, 1.807) is 6.92 Å². The van der Waals surface area contributed by atoms with Crippen molar-refractivity contribution >= 4 is 34.6 Å². The molecule has 5 aliphatic carbocycles. The Labute approximate surface area is 362 Å². The van der Waals surface area contributed by atoms with Crippen LogP contribution in [0.25, 0.3) is 0 Å². The minimum absolute atomic E-state index is 0.00652. The van der Waals surface area contributed by atoms with E-state index in [1.165, 1.54) is 22.9 Å². The molecule has 332 valence electrons. The molecule has 7 rings (SSSR count). The van der Waals surface area contributed by atoms with Crippen molar-refractivity contribution in [2.75, 3.05) is 0 Å². The van der Waals surface area contributed by atoms with Gasteiger partial charge in [-0.05, 0) is 157 Å². The van der Waals surface area contributed by atoms with Gasteiger partial charge < -0.3 is 24.8 Å². The number of esters is 2. The zero-order valence-electron chi connectivity index (χ0n) is 36.8. The maximum Gasteiger partial charge on any atom is 0.306 e. The van der Waals surface area contributed by atoms with Crippen LogP contribution in [0.3, 0.4) is 0 Å². The Bertz CT molecular complexity index is 1720. The van der Waals surface area contributed by atoms with Gasteiger partial charge in [-0.3, -0.25) is 19.2 Å². The summed E-state index contributed by atoms with van der Waals surface area (Å²) in [5, 5.41) is 31.6. The molecule has 0 radical (unpaired) electrons. The van der Waals surface area contributed by atoms with Gasteiger partial charge in [0.25, 0.3) is 0 Å². The summed E-state index contributed by atoms with van der Waals surface area (Å²) < 4.78 is 11.2. The van der Waals surface area contributed by atoms with Gasteiger partial charge in [0.1, 0.15) is 5.60 Å². The Hall–Kier alpha value is -2.79. The number of aliphatic hydroxyl groups excluding tert-OH is 3. The molecular weight excluding hydrogens is 777 g/mol. The standard InChI is InChI=1S/C26H40O5.C24H32O4S/c1-19(2)31-26(30)13-9-4-3-8-12-22-23(25(29)18-24(22)28)17-16-21(27)15-14-20-10-6-5-7-11-20;1-14(25)29-19-13-15-12-16(26)4-8-22(15,2)17-5-9-23(3)18(21(17)19)6-10-24(23)11-7-20(27)28-24/h3,5-8,10-11,19,21-25,27-29H,4,9,12-18H2,1-2H3;12,17-19,21H,4-11,13H2,1-3H3/b8-3-;/t21-,22+,23+,24-,25+;17-,18-,19+,21+,22-,23-,24+/m00/s1. The molecule has 9 nitrogen and oxygen atoms in total. The third kappa shape index (κ3) is 10.5. The third-order valence-corrected chi connectivity index (χ3v) is 16.9. The summed E-state index contributed by atoms with van der Waals surface area (Å²) in [4.78, 5) is 48.0. The smallest absolute Gasteiger partial charge is 0.306 e. The van der Waals surface area contributed by atoms with Crippen molar-refractivity contribution in [3.63, 3.8) is 0 Å². The summed E-state index contributed by atoms with van der Waals surface area (Å²) in [6, 6.07) is 10.1. The average Bonchev–Trinajstić information content (AvgIpc) is 3.82. The number of hydrogen-bond acceptors (Lipinski definition) is 10. The van der Waals surface area contributed by atoms with E-state index in [0.29, 0.717) is 69.1 Å². The second-order valence-corrected chi connectivity index (χ2v) is 21.2. The van der Waals surface area contributed by atoms with E-state index in [2.05, 4.69) is 32.1 Å². The SMILES string of the molecule is CC(=O)S[C@@H]1CC2=CC(=O)CC[C@]2(C)[C@H]2CC[C@@]3(C)[C@@H](CC[C@@]34CCC(=O)O4)[C@H]12.CC(C)OC(=O)CCC/C=C\C[C@@H]1[C@@H](CC[C@@H](O)CCc2ccccc2)[C@H](O)C[C@@H]1O. The van der Waals surface area contributed by atoms with E-state index < -0.39 is 18.3 Å². The van der Waals surface area contributed by atoms with E-state index in [1.807, 2.05) is 44.2 Å². The predicted molar refractivity (Wildman–Crippen MR) is 235 cm³/mol. The fourth-order valence-corrected chi connectivity index (χ4v) is 13.8. The normalized spacial score (nSPS) is 36.2. The number of benzene rings is 1. The van der Waals surface area contributed by atoms with Crippen molar-refractivity contribution in [3.8, 4) is 0 Å². The number of unbranched alkanes of at least 4 members (excludes halogenated alkanes) is 1. The molecule has 1 aromatic carbocycles. The van der Waals surface area contributed by atoms with Crippen molar-refractivity contribution in [1.82, 2.24) is 0 Å². The summed E-state index contributed by atoms with van der Waals surface area (Å²) in [6.45, 7) is 10.1. The van der Waals surface area contributed by atoms with Crippen LogP contribution in [0.5, 0.6) is 0 Å². The maximum absolute atomic E-state index is 12.2. The molecule has 6 aliphatic rings. The number of carbonyl (C=O) groups is 4. The second kappa shape index (κ2) is 20.2. The zero-order chi connectivity index (χ0) is 43.2. The fraction of sp³-hybridized carbons (Fsp3) is 0.720. The van der Waals surface area contributed by atoms with Crippen molar-refractivity contribution < 1.29 is 44.0 Å². The second-order valence-electron chi connectivity index (χ2n) is 19.8. The number of carbonyl (C=O) groups excluding carboxylic acids is 4. The van der Waals surface area contributed by atoms with Crippen molar-refractivity contribution in [2.45, 2.75) is 185 Å². The van der Waals surface area contributed by atoms with E-state index in [0.717, 1.165) is 64.2 Å². The Kier molecular flexibility index (Phi) is 15.7. The molecule has 5 fully saturated rings. The number of ketones is 1. The average molecular weight is 849 g/mol. The molecule has 12 atom stereocenters. The topological polar surface area (TPSA) is 147 Å². The lowest BCUT2D eigenvalue weighted by Gasteiger charge is -2.61. The van der Waals surface area contributed by atoms with E-state index in [9.17, 15) is 34.5 Å². The van der Waals surface area contributed by atoms with Crippen LogP contribution in [0.15, 0.2) is 54.1 Å². The van der Waals surface area contributed by atoms with Crippen molar-refractivity contribution in [3.05, 3.63) is 59.7 Å². The molecule has 1 aliphatic heterocycles. The molecule has 10 heteroatoms. The quantitative estimate of drug-likeness (QED) is 0.0942. The number of aliphatic hydroxyl groups is 3. The number of ether oxygens (including phenoxy) is 2. The van der Waals surface area contributed by atoms with E-state index >= 15 is 0 Å². The minimum atomic E-state index is -0.513. The van der Waals surface area contributed by atoms with Crippen LogP contribution >= 0.6 is 11.8 Å². The Morgan fingerprint density at radius 1 is 0.950 bits per heavy atom. The van der Waals surface area contributed by atoms with Crippen LogP contribution in [-0.4, -0.2) is 73.4 Å². The van der Waals surface area contributed by atoms with Crippen LogP contribution in [-0.2, 0) is 35.1 Å². The Morgan fingerprint density at radius 3 is 2.38 bits per heavy atom. The number of aryl methyl sites for hydroxylation is 1. The summed E-state index contributed by atoms with van der Waals surface area (Å²) in [5.74, 6) is 1.53. The highest BCUT2D eigenvalue weighted by Gasteiger charge is 2.68. The number of thioether (sulfide) groups is 1. The molecule has 4 saturated carbocycles. The molecule has 60 heavy (non-hydrogen) atoms. The first-order valence-electron chi connectivity index (χ1n) is 23.1. The van der Waals surface area contributed by atoms with Gasteiger partial charge in [0, 0.05) is 36.9 Å². The molecular formula is C50H72O9S. The first kappa shape index (κ1) is 46.7. The van der Waals surface area contributed by atoms with E-state index in [-0.39, 0.29) is 62.5 Å². The molecule has 3 N–H and O–H groups in total. The van der Waals surface area contributed by atoms with Gasteiger partial charge in [0.2, 0.25) is 0 Å². The van der Waals surface area contributed by atoms with Crippen LogP contribution in [0.1, 0.15) is 149 Å². The largest absolute Gasteiger partial charge is 0.463 e. The summed E-state index contributed by atoms with van der Waals surface area (Å²) in [5.41, 5.74) is 2.31. The van der Waals surface area contributed by atoms with Gasteiger partial charge in [0.05, 0.1) is 24.4 Å². The molecule has 0 amide bonds. The lowest BCUT2D eigenvalue weighted by atomic mass is 9.46. The number of hydrogen-bond donors (Lipinski definition) is 3. The Balaban J connectivity index is 0.000000201. The lowest BCUT2D eigenvalue weighted by molar-refractivity contribution is -0.167. The van der Waals surface area contributed by atoms with Gasteiger partial charge in [-0.2, -0.15) is 0 Å². The first-order valence-corrected chi connectivity index (χ1v) is 24.0. The van der Waals surface area contributed by atoms with Crippen LogP contribution in [0, 0.1) is 40.4 Å². The Morgan fingerprint density at radius 2 is 1.68 bits per heavy atom. The third-order valence-electron chi connectivity index (χ3n) is 15.8. The van der Waals surface area contributed by atoms with Gasteiger partial charge >= 0.3 is 11.9 Å². The molecule has 0 unspecified atom stereocenters. The molecule has 1 heterocycles. The molecule has 0 bridgehead atoms. The highest BCUT2D eigenvalue weighted by Crippen LogP contribution is 2.70. The fourth-order valence-electron chi connectivity index (χ4n) is 12.6. The molecule has 1 saturated heterocycles. The maximum atomic E-state index is 12.2. The highest BCUT2D eigenvalue weighted by molar-refractivity contribution is 8.14. The van der Waals surface area contributed by atoms with Crippen molar-refractivity contribution in [1.29, 1.82) is 0 Å². The van der Waals surface area contributed by atoms with Crippen LogP contribution in [0.4, 0.5) is 0 Å². The molecule has 1 aromatic rings. The van der Waals surface area contributed by atoms with Gasteiger partial charge in [-0.15, -0.1) is 0 Å². The summed E-state index contributed by atoms with van der Waals surface area (Å²) in [7, 11) is 0. The van der Waals surface area contributed by atoms with Gasteiger partial charge in [-0.1, -0.05) is 73.7 Å². The first-order chi connectivity index (χ1) is 28.5. The van der Waals surface area contributed by atoms with Gasteiger partial charge in [0.15, 0.2) is 10.9 Å².